The first kappa shape index (κ1) is 30.5. The van der Waals surface area contributed by atoms with Gasteiger partial charge >= 0.3 is 18.1 Å². The molecule has 33 heavy (non-hydrogen) atoms. The van der Waals surface area contributed by atoms with E-state index in [-0.39, 0.29) is 0 Å². The van der Waals surface area contributed by atoms with E-state index in [2.05, 4.69) is 13.8 Å². The van der Waals surface area contributed by atoms with Crippen molar-refractivity contribution in [2.75, 3.05) is 33.0 Å². The summed E-state index contributed by atoms with van der Waals surface area (Å²) in [6, 6.07) is 11.2. The number of rotatable bonds is 15. The van der Waals surface area contributed by atoms with Crippen molar-refractivity contribution in [2.45, 2.75) is 92.0 Å². The molecule has 1 saturated carbocycles. The summed E-state index contributed by atoms with van der Waals surface area (Å²) in [6.07, 6.45) is 11.5. The minimum atomic E-state index is -2.67. The van der Waals surface area contributed by atoms with Crippen LogP contribution >= 0.6 is 0 Å². The summed E-state index contributed by atoms with van der Waals surface area (Å²) >= 11 is 0. The lowest BCUT2D eigenvalue weighted by molar-refractivity contribution is 0.0859. The van der Waals surface area contributed by atoms with Crippen molar-refractivity contribution in [3.8, 4) is 0 Å². The lowest BCUT2D eigenvalue weighted by Crippen LogP contribution is -2.56. The Bertz CT molecular complexity index is 528. The lowest BCUT2D eigenvalue weighted by Gasteiger charge is -2.28. The van der Waals surface area contributed by atoms with E-state index in [1.165, 1.54) is 57.4 Å². The van der Waals surface area contributed by atoms with Gasteiger partial charge in [-0.25, -0.2) is 0 Å². The molecule has 0 saturated heterocycles. The minimum absolute atomic E-state index is 0.598. The molecule has 1 aliphatic carbocycles. The predicted octanol–water partition coefficient (Wildman–Crippen LogP) is 5.97. The third-order valence-corrected chi connectivity index (χ3v) is 11.2. The Morgan fingerprint density at radius 3 is 1.70 bits per heavy atom. The molecule has 0 spiro atoms. The topological polar surface area (TPSA) is 46.2 Å². The van der Waals surface area contributed by atoms with Crippen LogP contribution < -0.4 is 5.19 Å². The van der Waals surface area contributed by atoms with Crippen molar-refractivity contribution in [3.05, 3.63) is 30.3 Å². The molecule has 192 valence electrons. The molecule has 0 aliphatic heterocycles. The third-order valence-electron chi connectivity index (χ3n) is 5.86. The Morgan fingerprint density at radius 1 is 0.727 bits per heavy atom. The number of hydrogen-bond acceptors (Lipinski definition) is 5. The van der Waals surface area contributed by atoms with Gasteiger partial charge in [0.05, 0.1) is 0 Å². The van der Waals surface area contributed by atoms with Crippen LogP contribution in [0.3, 0.4) is 0 Å². The molecular formula is C26H50O5Si2. The minimum Gasteiger partial charge on any atom is -0.397 e. The average Bonchev–Trinajstić information content (AvgIpc) is 3.10. The van der Waals surface area contributed by atoms with Crippen molar-refractivity contribution >= 4 is 23.3 Å². The third kappa shape index (κ3) is 12.6. The molecule has 0 unspecified atom stereocenters. The summed E-state index contributed by atoms with van der Waals surface area (Å²) in [4.78, 5) is 0. The molecule has 5 nitrogen and oxygen atoms in total. The fraction of sp³-hybridized carbons (Fsp3) is 0.769. The van der Waals surface area contributed by atoms with Gasteiger partial charge in [0.1, 0.15) is 0 Å². The monoisotopic (exact) mass is 498 g/mol. The molecule has 1 fully saturated rings. The second kappa shape index (κ2) is 19.7. The van der Waals surface area contributed by atoms with Crippen molar-refractivity contribution < 1.29 is 22.1 Å². The van der Waals surface area contributed by atoms with Gasteiger partial charge in [-0.1, -0.05) is 81.7 Å². The van der Waals surface area contributed by atoms with Gasteiger partial charge in [-0.15, -0.1) is 0 Å². The Balaban J connectivity index is 0.000000331. The van der Waals surface area contributed by atoms with Gasteiger partial charge in [0, 0.05) is 38.2 Å². The van der Waals surface area contributed by atoms with Crippen LogP contribution in [0.2, 0.25) is 6.04 Å². The van der Waals surface area contributed by atoms with Crippen LogP contribution in [0, 0.1) is 5.92 Å². The molecule has 2 rings (SSSR count). The molecule has 0 amide bonds. The predicted molar refractivity (Wildman–Crippen MR) is 142 cm³/mol. The maximum atomic E-state index is 5.79. The molecule has 0 bridgehead atoms. The lowest BCUT2D eigenvalue weighted by atomic mass is 9.95. The smallest absolute Gasteiger partial charge is 0.397 e. The summed E-state index contributed by atoms with van der Waals surface area (Å²) in [5.74, 6) is 0.996. The quantitative estimate of drug-likeness (QED) is 0.220. The molecule has 0 N–H and O–H groups in total. The summed E-state index contributed by atoms with van der Waals surface area (Å²) in [7, 11) is -3.99. The van der Waals surface area contributed by atoms with E-state index in [1.54, 1.807) is 0 Å². The molecule has 0 heterocycles. The van der Waals surface area contributed by atoms with Crippen LogP contribution in [0.5, 0.6) is 0 Å². The standard InChI is InChI=1S/C14H30O2Si.C12H20O3Si/c1-3-15-17(16-4-2)13-9-12-14-10-7-5-6-8-11-14;1-4-13-16(14-5-2,15-6-3)12-10-8-7-9-11-12/h14,17H,3-13H2,1-2H3;7-11H,4-6H2,1-3H3. The van der Waals surface area contributed by atoms with Crippen molar-refractivity contribution in [1.29, 1.82) is 0 Å². The van der Waals surface area contributed by atoms with E-state index in [1.807, 2.05) is 51.1 Å². The van der Waals surface area contributed by atoms with E-state index < -0.39 is 18.1 Å². The Labute approximate surface area is 206 Å². The number of benzene rings is 1. The first-order valence-corrected chi connectivity index (χ1v) is 16.8. The van der Waals surface area contributed by atoms with Gasteiger partial charge in [0.15, 0.2) is 0 Å². The van der Waals surface area contributed by atoms with Crippen LogP contribution in [-0.2, 0) is 22.1 Å². The molecule has 7 heteroatoms. The van der Waals surface area contributed by atoms with Gasteiger partial charge in [-0.3, -0.25) is 0 Å². The van der Waals surface area contributed by atoms with E-state index >= 15 is 0 Å². The van der Waals surface area contributed by atoms with E-state index in [0.29, 0.717) is 19.8 Å². The summed E-state index contributed by atoms with van der Waals surface area (Å²) in [6.45, 7) is 13.5. The summed E-state index contributed by atoms with van der Waals surface area (Å²) in [5, 5.41) is 1.03. The summed E-state index contributed by atoms with van der Waals surface area (Å²) < 4.78 is 28.8. The molecule has 0 aromatic heterocycles. The van der Waals surface area contributed by atoms with Gasteiger partial charge < -0.3 is 22.1 Å². The molecule has 0 radical (unpaired) electrons. The summed E-state index contributed by atoms with van der Waals surface area (Å²) in [5.41, 5.74) is 0. The fourth-order valence-corrected chi connectivity index (χ4v) is 8.63. The fourth-order valence-electron chi connectivity index (χ4n) is 4.40. The van der Waals surface area contributed by atoms with Crippen LogP contribution in [0.4, 0.5) is 0 Å². The van der Waals surface area contributed by atoms with Crippen LogP contribution in [0.1, 0.15) is 86.0 Å². The van der Waals surface area contributed by atoms with E-state index in [0.717, 1.165) is 24.3 Å². The molecular weight excluding hydrogens is 448 g/mol. The van der Waals surface area contributed by atoms with Crippen LogP contribution in [0.15, 0.2) is 30.3 Å². The Hall–Kier alpha value is -0.546. The van der Waals surface area contributed by atoms with Crippen molar-refractivity contribution in [2.24, 2.45) is 5.92 Å². The van der Waals surface area contributed by atoms with Gasteiger partial charge in [-0.05, 0) is 46.6 Å². The molecule has 1 aromatic carbocycles. The highest BCUT2D eigenvalue weighted by atomic mass is 28.4. The normalized spacial score (nSPS) is 15.2. The van der Waals surface area contributed by atoms with Crippen molar-refractivity contribution in [3.63, 3.8) is 0 Å². The zero-order valence-corrected chi connectivity index (χ0v) is 24.1. The number of hydrogen-bond donors (Lipinski definition) is 0. The highest BCUT2D eigenvalue weighted by Crippen LogP contribution is 2.27. The largest absolute Gasteiger partial charge is 0.537 e. The highest BCUT2D eigenvalue weighted by Gasteiger charge is 2.42. The molecule has 0 atom stereocenters. The molecule has 1 aliphatic rings. The zero-order chi connectivity index (χ0) is 24.2. The molecule has 1 aromatic rings. The van der Waals surface area contributed by atoms with E-state index in [9.17, 15) is 0 Å². The maximum absolute atomic E-state index is 5.79. The maximum Gasteiger partial charge on any atom is 0.537 e. The second-order valence-corrected chi connectivity index (χ2v) is 13.0. The van der Waals surface area contributed by atoms with Crippen molar-refractivity contribution in [1.82, 2.24) is 0 Å². The first-order valence-electron chi connectivity index (χ1n) is 13.4. The SMILES string of the molecule is CCO[SiH](CCCC1CCCCCC1)OCC.CCO[Si](OCC)(OCC)c1ccccc1. The van der Waals surface area contributed by atoms with Crippen LogP contribution in [0.25, 0.3) is 0 Å². The zero-order valence-electron chi connectivity index (χ0n) is 22.0. The van der Waals surface area contributed by atoms with E-state index in [4.69, 9.17) is 22.1 Å². The van der Waals surface area contributed by atoms with Crippen LogP contribution in [-0.4, -0.2) is 51.1 Å². The van der Waals surface area contributed by atoms with Gasteiger partial charge in [-0.2, -0.15) is 0 Å². The Morgan fingerprint density at radius 2 is 1.24 bits per heavy atom. The first-order chi connectivity index (χ1) is 16.2. The highest BCUT2D eigenvalue weighted by molar-refractivity contribution is 6.75. The van der Waals surface area contributed by atoms with Gasteiger partial charge in [0.2, 0.25) is 0 Å². The van der Waals surface area contributed by atoms with Gasteiger partial charge in [0.25, 0.3) is 0 Å². The second-order valence-electron chi connectivity index (χ2n) is 8.35. The Kier molecular flexibility index (Phi) is 18.2. The average molecular weight is 499 g/mol.